The fraction of sp³-hybridized carbons (Fsp3) is 0.667. The SMILES string of the molecule is CC/C=C\C/C=C\C/C=C\C/C=C\C/C=C\C/C=C\C/C=C\C/C=C\CCCCCCC(=O)OCC(COC(=O)CCCCC/C=C\C/C=C\C/C=C\CC)OC(=O)CCCCCCCCCCCCCCCCCCCCCCC. The van der Waals surface area contributed by atoms with Gasteiger partial charge in [0.15, 0.2) is 6.10 Å². The number of hydrogen-bond acceptors (Lipinski definition) is 6. The van der Waals surface area contributed by atoms with Crippen molar-refractivity contribution < 1.29 is 28.6 Å². The Balaban J connectivity index is 4.38. The van der Waals surface area contributed by atoms with Gasteiger partial charge in [0, 0.05) is 19.3 Å². The van der Waals surface area contributed by atoms with Crippen molar-refractivity contribution in [3.8, 4) is 0 Å². The van der Waals surface area contributed by atoms with Crippen LogP contribution in [0.4, 0.5) is 0 Å². The summed E-state index contributed by atoms with van der Waals surface area (Å²) in [6, 6.07) is 0. The number of hydrogen-bond donors (Lipinski definition) is 0. The van der Waals surface area contributed by atoms with Crippen LogP contribution in [0, 0.1) is 0 Å². The second-order valence-corrected chi connectivity index (χ2v) is 22.0. The molecule has 0 fully saturated rings. The minimum absolute atomic E-state index is 0.102. The van der Waals surface area contributed by atoms with Gasteiger partial charge in [0.25, 0.3) is 0 Å². The average Bonchev–Trinajstić information content (AvgIpc) is 3.46. The van der Waals surface area contributed by atoms with Crippen molar-refractivity contribution in [2.24, 2.45) is 0 Å². The van der Waals surface area contributed by atoms with E-state index in [4.69, 9.17) is 14.2 Å². The van der Waals surface area contributed by atoms with Gasteiger partial charge in [-0.3, -0.25) is 14.4 Å². The van der Waals surface area contributed by atoms with Crippen LogP contribution in [0.15, 0.2) is 134 Å². The number of carbonyl (C=O) groups is 3. The summed E-state index contributed by atoms with van der Waals surface area (Å²) in [6.07, 6.45) is 96.1. The highest BCUT2D eigenvalue weighted by molar-refractivity contribution is 5.71. The number of ether oxygens (including phenoxy) is 3. The zero-order valence-electron chi connectivity index (χ0n) is 52.8. The number of rotatable bonds is 60. The maximum Gasteiger partial charge on any atom is 0.306 e. The summed E-state index contributed by atoms with van der Waals surface area (Å²) >= 11 is 0. The summed E-state index contributed by atoms with van der Waals surface area (Å²) in [6.45, 7) is 6.39. The lowest BCUT2D eigenvalue weighted by atomic mass is 10.0. The van der Waals surface area contributed by atoms with Gasteiger partial charge in [-0.15, -0.1) is 0 Å². The minimum Gasteiger partial charge on any atom is -0.462 e. The molecule has 0 saturated carbocycles. The van der Waals surface area contributed by atoms with Crippen molar-refractivity contribution in [1.82, 2.24) is 0 Å². The van der Waals surface area contributed by atoms with Gasteiger partial charge >= 0.3 is 17.9 Å². The Hall–Kier alpha value is -4.45. The molecule has 0 heterocycles. The summed E-state index contributed by atoms with van der Waals surface area (Å²) in [5, 5.41) is 0. The maximum atomic E-state index is 12.9. The third-order valence-electron chi connectivity index (χ3n) is 14.2. The summed E-state index contributed by atoms with van der Waals surface area (Å²) in [4.78, 5) is 38.3. The molecule has 0 amide bonds. The second-order valence-electron chi connectivity index (χ2n) is 22.0. The summed E-state index contributed by atoms with van der Waals surface area (Å²) < 4.78 is 16.9. The Morgan fingerprint density at radius 2 is 0.481 bits per heavy atom. The van der Waals surface area contributed by atoms with E-state index in [0.29, 0.717) is 19.3 Å². The van der Waals surface area contributed by atoms with Gasteiger partial charge < -0.3 is 14.2 Å². The lowest BCUT2D eigenvalue weighted by Crippen LogP contribution is -2.30. The molecule has 0 N–H and O–H groups in total. The van der Waals surface area contributed by atoms with E-state index in [2.05, 4.69) is 154 Å². The van der Waals surface area contributed by atoms with Crippen molar-refractivity contribution in [1.29, 1.82) is 0 Å². The van der Waals surface area contributed by atoms with E-state index in [-0.39, 0.29) is 31.1 Å². The van der Waals surface area contributed by atoms with E-state index < -0.39 is 6.10 Å². The van der Waals surface area contributed by atoms with Gasteiger partial charge in [0.1, 0.15) is 13.2 Å². The molecule has 0 radical (unpaired) electrons. The largest absolute Gasteiger partial charge is 0.462 e. The molecule has 460 valence electrons. The molecule has 0 bridgehead atoms. The fourth-order valence-corrected chi connectivity index (χ4v) is 9.18. The van der Waals surface area contributed by atoms with Crippen LogP contribution in [0.1, 0.15) is 303 Å². The lowest BCUT2D eigenvalue weighted by molar-refractivity contribution is -0.167. The van der Waals surface area contributed by atoms with Crippen molar-refractivity contribution in [2.45, 2.75) is 309 Å². The molecule has 0 saturated heterocycles. The molecule has 0 rings (SSSR count). The van der Waals surface area contributed by atoms with Gasteiger partial charge in [-0.1, -0.05) is 302 Å². The predicted octanol–water partition coefficient (Wildman–Crippen LogP) is 23.3. The average molecular weight is 1120 g/mol. The Labute approximate surface area is 500 Å². The first-order valence-electron chi connectivity index (χ1n) is 33.7. The number of allylic oxidation sites excluding steroid dienone is 22. The third kappa shape index (κ3) is 66.2. The molecular formula is C75H124O6. The molecule has 0 aliphatic carbocycles. The van der Waals surface area contributed by atoms with Crippen molar-refractivity contribution in [3.63, 3.8) is 0 Å². The molecule has 0 aliphatic heterocycles. The highest BCUT2D eigenvalue weighted by atomic mass is 16.6. The van der Waals surface area contributed by atoms with Crippen LogP contribution in [0.3, 0.4) is 0 Å². The van der Waals surface area contributed by atoms with Gasteiger partial charge in [0.05, 0.1) is 0 Å². The van der Waals surface area contributed by atoms with Gasteiger partial charge in [-0.05, 0) is 116 Å². The van der Waals surface area contributed by atoms with Crippen LogP contribution >= 0.6 is 0 Å². The summed E-state index contributed by atoms with van der Waals surface area (Å²) in [7, 11) is 0. The number of esters is 3. The van der Waals surface area contributed by atoms with E-state index in [9.17, 15) is 14.4 Å². The number of unbranched alkanes of at least 4 members (excludes halogenated alkanes) is 27. The van der Waals surface area contributed by atoms with Crippen LogP contribution in [-0.4, -0.2) is 37.2 Å². The van der Waals surface area contributed by atoms with E-state index in [1.54, 1.807) is 0 Å². The molecule has 6 heteroatoms. The summed E-state index contributed by atoms with van der Waals surface area (Å²) in [5.41, 5.74) is 0. The molecule has 1 unspecified atom stereocenters. The fourth-order valence-electron chi connectivity index (χ4n) is 9.18. The predicted molar refractivity (Wildman–Crippen MR) is 353 cm³/mol. The van der Waals surface area contributed by atoms with Crippen molar-refractivity contribution in [2.75, 3.05) is 13.2 Å². The topological polar surface area (TPSA) is 78.9 Å². The second kappa shape index (κ2) is 68.1. The van der Waals surface area contributed by atoms with E-state index in [1.807, 2.05) is 0 Å². The first-order valence-corrected chi connectivity index (χ1v) is 33.7. The highest BCUT2D eigenvalue weighted by Gasteiger charge is 2.19. The molecule has 0 aromatic heterocycles. The van der Waals surface area contributed by atoms with Crippen LogP contribution < -0.4 is 0 Å². The molecule has 0 spiro atoms. The van der Waals surface area contributed by atoms with Gasteiger partial charge in [-0.25, -0.2) is 0 Å². The monoisotopic (exact) mass is 1120 g/mol. The minimum atomic E-state index is -0.805. The van der Waals surface area contributed by atoms with Crippen LogP contribution in [0.5, 0.6) is 0 Å². The molecule has 0 aliphatic rings. The van der Waals surface area contributed by atoms with Gasteiger partial charge in [-0.2, -0.15) is 0 Å². The van der Waals surface area contributed by atoms with Crippen LogP contribution in [0.2, 0.25) is 0 Å². The summed E-state index contributed by atoms with van der Waals surface area (Å²) in [5.74, 6) is -0.947. The Morgan fingerprint density at radius 3 is 0.765 bits per heavy atom. The Kier molecular flexibility index (Phi) is 64.3. The van der Waals surface area contributed by atoms with Gasteiger partial charge in [0.2, 0.25) is 0 Å². The highest BCUT2D eigenvalue weighted by Crippen LogP contribution is 2.17. The van der Waals surface area contributed by atoms with Crippen LogP contribution in [0.25, 0.3) is 0 Å². The molecule has 0 aromatic carbocycles. The Morgan fingerprint density at radius 1 is 0.259 bits per heavy atom. The normalized spacial score (nSPS) is 13.0. The third-order valence-corrected chi connectivity index (χ3v) is 14.2. The smallest absolute Gasteiger partial charge is 0.306 e. The van der Waals surface area contributed by atoms with E-state index in [0.717, 1.165) is 148 Å². The number of carbonyl (C=O) groups excluding carboxylic acids is 3. The van der Waals surface area contributed by atoms with Crippen molar-refractivity contribution >= 4 is 17.9 Å². The zero-order chi connectivity index (χ0) is 58.5. The Bertz CT molecular complexity index is 1720. The van der Waals surface area contributed by atoms with E-state index in [1.165, 1.54) is 116 Å². The molecule has 0 aromatic rings. The first kappa shape index (κ1) is 76.5. The maximum absolute atomic E-state index is 12.9. The zero-order valence-corrected chi connectivity index (χ0v) is 52.8. The molecule has 1 atom stereocenters. The molecular weight excluding hydrogens is 997 g/mol. The molecule has 6 nitrogen and oxygen atoms in total. The lowest BCUT2D eigenvalue weighted by Gasteiger charge is -2.18. The van der Waals surface area contributed by atoms with E-state index >= 15 is 0 Å². The van der Waals surface area contributed by atoms with Crippen molar-refractivity contribution in [3.05, 3.63) is 134 Å². The quantitative estimate of drug-likeness (QED) is 0.0261. The van der Waals surface area contributed by atoms with Crippen LogP contribution in [-0.2, 0) is 28.6 Å². The molecule has 81 heavy (non-hydrogen) atoms. The standard InChI is InChI=1S/C75H124O6/c1-4-7-10-13-16-19-22-25-27-29-31-33-34-35-36-37-38-39-40-42-43-45-47-50-53-56-59-62-65-68-74(77)80-71-72(70-79-73(76)67-64-61-58-55-52-49-24-21-18-15-12-9-6-3)81-75(78)69-66-63-60-57-54-51-48-46-44-41-32-30-28-26-23-20-17-14-11-8-5-2/h7,9-10,12,16,18-19,21,25,27,31,33,35-36,38-39,42-43,47,49-50,52,72H,4-6,8,11,13-15,17,20,22-24,26,28-30,32,34,37,40-41,44-46,48,51,53-71H2,1-3H3/b10-7-,12-9-,19-16-,21-18-,27-25-,33-31-,36-35-,39-38-,43-42-,50-47-,52-49-. The first-order chi connectivity index (χ1) is 40.0.